The third-order valence-corrected chi connectivity index (χ3v) is 3.48. The van der Waals surface area contributed by atoms with E-state index in [0.29, 0.717) is 18.5 Å². The van der Waals surface area contributed by atoms with Gasteiger partial charge in [0.05, 0.1) is 37.4 Å². The van der Waals surface area contributed by atoms with Gasteiger partial charge < -0.3 is 24.9 Å². The molecule has 0 saturated carbocycles. The Morgan fingerprint density at radius 3 is 2.76 bits per heavy atom. The Labute approximate surface area is 144 Å². The average molecular weight is 347 g/mol. The minimum atomic E-state index is -0.687. The van der Waals surface area contributed by atoms with Crippen molar-refractivity contribution < 1.29 is 24.2 Å². The fourth-order valence-electron chi connectivity index (χ4n) is 2.19. The van der Waals surface area contributed by atoms with Gasteiger partial charge in [0.25, 0.3) is 0 Å². The zero-order chi connectivity index (χ0) is 18.4. The molecule has 0 fully saturated rings. The molecule has 0 aliphatic rings. The van der Waals surface area contributed by atoms with Crippen LogP contribution < -0.4 is 5.32 Å². The molecule has 2 aromatic rings. The van der Waals surface area contributed by atoms with Crippen LogP contribution in [0.2, 0.25) is 0 Å². The van der Waals surface area contributed by atoms with Gasteiger partial charge in [-0.15, -0.1) is 0 Å². The number of carbonyl (C=O) groups is 2. The van der Waals surface area contributed by atoms with Gasteiger partial charge in [-0.2, -0.15) is 0 Å². The van der Waals surface area contributed by atoms with Crippen LogP contribution in [0.1, 0.15) is 19.2 Å². The lowest BCUT2D eigenvalue weighted by atomic mass is 10.2. The van der Waals surface area contributed by atoms with Crippen molar-refractivity contribution in [2.24, 2.45) is 0 Å². The number of aromatic nitrogens is 2. The van der Waals surface area contributed by atoms with Gasteiger partial charge in [0.1, 0.15) is 11.5 Å². The zero-order valence-electron chi connectivity index (χ0n) is 14.3. The first-order chi connectivity index (χ1) is 11.9. The summed E-state index contributed by atoms with van der Waals surface area (Å²) in [4.78, 5) is 30.8. The summed E-state index contributed by atoms with van der Waals surface area (Å²) in [6.07, 6.45) is 1.87. The number of hydrogen-bond acceptors (Lipinski definition) is 7. The third kappa shape index (κ3) is 5.05. The third-order valence-electron chi connectivity index (χ3n) is 3.48. The van der Waals surface area contributed by atoms with Crippen LogP contribution in [0.15, 0.2) is 30.0 Å². The van der Waals surface area contributed by atoms with E-state index in [9.17, 15) is 14.7 Å². The Balaban J connectivity index is 2.23. The lowest BCUT2D eigenvalue weighted by Gasteiger charge is -2.08. The standard InChI is InChI=1S/C17H21N3O5/c1-10(21)4-7-15-19-12-6-5-11(8-13(12)20-15)18-14(17(23)25-3)9-16(22)24-2/h5-6,8-10,18,21H,4,7H2,1-3H3,(H,19,20)/b14-9+. The maximum atomic E-state index is 11.8. The smallest absolute Gasteiger partial charge is 0.354 e. The van der Waals surface area contributed by atoms with E-state index < -0.39 is 18.0 Å². The number of anilines is 1. The highest BCUT2D eigenvalue weighted by atomic mass is 16.5. The maximum absolute atomic E-state index is 11.8. The van der Waals surface area contributed by atoms with Crippen LogP contribution in [-0.2, 0) is 25.5 Å². The van der Waals surface area contributed by atoms with E-state index in [2.05, 4.69) is 24.8 Å². The fourth-order valence-corrected chi connectivity index (χ4v) is 2.19. The molecule has 0 amide bonds. The molecule has 25 heavy (non-hydrogen) atoms. The number of carbonyl (C=O) groups excluding carboxylic acids is 2. The Bertz CT molecular complexity index is 795. The number of fused-ring (bicyclic) bond motifs is 1. The van der Waals surface area contributed by atoms with Crippen molar-refractivity contribution in [1.82, 2.24) is 9.97 Å². The van der Waals surface area contributed by atoms with E-state index in [0.717, 1.165) is 22.9 Å². The SMILES string of the molecule is COC(=O)/C=C(/Nc1ccc2nc(CCC(C)O)[nH]c2c1)C(=O)OC. The number of aliphatic hydroxyl groups is 1. The molecular formula is C17H21N3O5. The number of imidazole rings is 1. The fraction of sp³-hybridized carbons (Fsp3) is 0.353. The number of esters is 2. The molecule has 1 aromatic heterocycles. The summed E-state index contributed by atoms with van der Waals surface area (Å²) in [6.45, 7) is 1.73. The van der Waals surface area contributed by atoms with Crippen molar-refractivity contribution in [1.29, 1.82) is 0 Å². The lowest BCUT2D eigenvalue weighted by Crippen LogP contribution is -2.15. The lowest BCUT2D eigenvalue weighted by molar-refractivity contribution is -0.138. The minimum Gasteiger partial charge on any atom is -0.466 e. The topological polar surface area (TPSA) is 114 Å². The van der Waals surface area contributed by atoms with Crippen LogP contribution in [0.5, 0.6) is 0 Å². The number of hydrogen-bond donors (Lipinski definition) is 3. The van der Waals surface area contributed by atoms with E-state index in [-0.39, 0.29) is 5.70 Å². The van der Waals surface area contributed by atoms with Crippen LogP contribution >= 0.6 is 0 Å². The Morgan fingerprint density at radius 1 is 1.36 bits per heavy atom. The molecule has 0 bridgehead atoms. The molecule has 0 aliphatic carbocycles. The van der Waals surface area contributed by atoms with Gasteiger partial charge in [-0.25, -0.2) is 14.6 Å². The second-order valence-electron chi connectivity index (χ2n) is 5.50. The number of benzene rings is 1. The molecule has 1 unspecified atom stereocenters. The number of rotatable bonds is 7. The summed E-state index contributed by atoms with van der Waals surface area (Å²) in [7, 11) is 2.45. The predicted molar refractivity (Wildman–Crippen MR) is 91.8 cm³/mol. The molecule has 8 heteroatoms. The number of aromatic amines is 1. The van der Waals surface area contributed by atoms with Crippen LogP contribution in [0, 0.1) is 0 Å². The molecule has 3 N–H and O–H groups in total. The van der Waals surface area contributed by atoms with Crippen molar-refractivity contribution in [2.75, 3.05) is 19.5 Å². The monoisotopic (exact) mass is 347 g/mol. The first-order valence-electron chi connectivity index (χ1n) is 7.74. The summed E-state index contributed by atoms with van der Waals surface area (Å²) in [6, 6.07) is 5.28. The van der Waals surface area contributed by atoms with E-state index in [1.807, 2.05) is 0 Å². The highest BCUT2D eigenvalue weighted by Crippen LogP contribution is 2.19. The molecule has 134 valence electrons. The molecule has 0 aliphatic heterocycles. The summed E-state index contributed by atoms with van der Waals surface area (Å²) < 4.78 is 9.19. The Kier molecular flexibility index (Phi) is 6.13. The van der Waals surface area contributed by atoms with Gasteiger partial charge in [0, 0.05) is 12.1 Å². The van der Waals surface area contributed by atoms with Crippen molar-refractivity contribution in [2.45, 2.75) is 25.9 Å². The van der Waals surface area contributed by atoms with Crippen LogP contribution in [0.3, 0.4) is 0 Å². The summed E-state index contributed by atoms with van der Waals surface area (Å²) in [5.41, 5.74) is 2.08. The number of methoxy groups -OCH3 is 2. The van der Waals surface area contributed by atoms with Crippen LogP contribution in [0.4, 0.5) is 5.69 Å². The summed E-state index contributed by atoms with van der Waals surface area (Å²) in [5.74, 6) is -0.588. The van der Waals surface area contributed by atoms with Gasteiger partial charge in [0.15, 0.2) is 0 Å². The number of aliphatic hydroxyl groups excluding tert-OH is 1. The van der Waals surface area contributed by atoms with Gasteiger partial charge >= 0.3 is 11.9 Å². The molecule has 1 heterocycles. The zero-order valence-corrected chi connectivity index (χ0v) is 14.3. The van der Waals surface area contributed by atoms with E-state index >= 15 is 0 Å². The average Bonchev–Trinajstić information content (AvgIpc) is 3.00. The second-order valence-corrected chi connectivity index (χ2v) is 5.50. The van der Waals surface area contributed by atoms with Gasteiger partial charge in [-0.05, 0) is 31.5 Å². The Morgan fingerprint density at radius 2 is 2.12 bits per heavy atom. The largest absolute Gasteiger partial charge is 0.466 e. The predicted octanol–water partition coefficient (Wildman–Crippen LogP) is 1.52. The normalized spacial score (nSPS) is 12.7. The molecule has 1 atom stereocenters. The van der Waals surface area contributed by atoms with Crippen molar-refractivity contribution >= 4 is 28.7 Å². The number of H-pyrrole nitrogens is 1. The summed E-state index contributed by atoms with van der Waals surface area (Å²) in [5, 5.41) is 12.2. The maximum Gasteiger partial charge on any atom is 0.354 e. The van der Waals surface area contributed by atoms with Crippen molar-refractivity contribution in [3.05, 3.63) is 35.8 Å². The van der Waals surface area contributed by atoms with E-state index in [1.54, 1.807) is 25.1 Å². The Hall–Kier alpha value is -2.87. The van der Waals surface area contributed by atoms with Crippen molar-refractivity contribution in [3.63, 3.8) is 0 Å². The van der Waals surface area contributed by atoms with Gasteiger partial charge in [0.2, 0.25) is 0 Å². The van der Waals surface area contributed by atoms with Crippen LogP contribution in [-0.4, -0.2) is 47.3 Å². The molecule has 0 radical (unpaired) electrons. The van der Waals surface area contributed by atoms with Gasteiger partial charge in [-0.1, -0.05) is 0 Å². The van der Waals surface area contributed by atoms with Crippen LogP contribution in [0.25, 0.3) is 11.0 Å². The number of ether oxygens (including phenoxy) is 2. The quantitative estimate of drug-likeness (QED) is 0.514. The molecule has 8 nitrogen and oxygen atoms in total. The second kappa shape index (κ2) is 8.29. The first-order valence-corrected chi connectivity index (χ1v) is 7.74. The first kappa shape index (κ1) is 18.5. The molecule has 2 rings (SSSR count). The summed E-state index contributed by atoms with van der Waals surface area (Å²) >= 11 is 0. The van der Waals surface area contributed by atoms with E-state index in [4.69, 9.17) is 0 Å². The highest BCUT2D eigenvalue weighted by Gasteiger charge is 2.13. The molecular weight excluding hydrogens is 326 g/mol. The van der Waals surface area contributed by atoms with E-state index in [1.165, 1.54) is 14.2 Å². The molecule has 0 spiro atoms. The number of nitrogens with one attached hydrogen (secondary N) is 2. The number of aryl methyl sites for hydroxylation is 1. The highest BCUT2D eigenvalue weighted by molar-refractivity contribution is 5.99. The molecule has 0 saturated heterocycles. The van der Waals surface area contributed by atoms with Gasteiger partial charge in [-0.3, -0.25) is 0 Å². The minimum absolute atomic E-state index is 0.0393. The van der Waals surface area contributed by atoms with Crippen molar-refractivity contribution in [3.8, 4) is 0 Å². The number of nitrogens with zero attached hydrogens (tertiary/aromatic N) is 1. The molecule has 1 aromatic carbocycles.